The van der Waals surface area contributed by atoms with Crippen LogP contribution in [0.1, 0.15) is 50.3 Å². The molecule has 0 unspecified atom stereocenters. The quantitative estimate of drug-likeness (QED) is 0.934. The Kier molecular flexibility index (Phi) is 3.96. The van der Waals surface area contributed by atoms with Crippen molar-refractivity contribution in [1.82, 2.24) is 19.7 Å². The standard InChI is InChI=1S/C18H23N5O/c1-13(14-4-5-14)23-12-16(11-20-23)21-18(24)22-10-2-3-17(22)15-6-8-19-9-7-15/h6-9,11-14,17H,2-5,10H2,1H3,(H,21,24)/t13-,17+/m1/s1. The molecule has 4 rings (SSSR count). The summed E-state index contributed by atoms with van der Waals surface area (Å²) in [7, 11) is 0. The summed E-state index contributed by atoms with van der Waals surface area (Å²) in [6.07, 6.45) is 11.8. The normalized spacial score (nSPS) is 21.7. The van der Waals surface area contributed by atoms with E-state index in [1.165, 1.54) is 12.8 Å². The molecule has 2 amide bonds. The highest BCUT2D eigenvalue weighted by Crippen LogP contribution is 2.39. The highest BCUT2D eigenvalue weighted by Gasteiger charge is 2.31. The summed E-state index contributed by atoms with van der Waals surface area (Å²) in [6.45, 7) is 2.97. The van der Waals surface area contributed by atoms with E-state index in [9.17, 15) is 4.79 Å². The zero-order chi connectivity index (χ0) is 16.5. The minimum atomic E-state index is -0.0482. The van der Waals surface area contributed by atoms with Gasteiger partial charge in [-0.3, -0.25) is 9.67 Å². The molecule has 1 N–H and O–H groups in total. The summed E-state index contributed by atoms with van der Waals surface area (Å²) in [4.78, 5) is 18.7. The third-order valence-corrected chi connectivity index (χ3v) is 5.18. The molecule has 2 aromatic heterocycles. The maximum atomic E-state index is 12.7. The zero-order valence-corrected chi connectivity index (χ0v) is 13.9. The Balaban J connectivity index is 1.43. The van der Waals surface area contributed by atoms with Crippen molar-refractivity contribution in [1.29, 1.82) is 0 Å². The molecule has 2 aromatic rings. The van der Waals surface area contributed by atoms with Crippen LogP contribution < -0.4 is 5.32 Å². The predicted octanol–water partition coefficient (Wildman–Crippen LogP) is 3.62. The molecular weight excluding hydrogens is 302 g/mol. The van der Waals surface area contributed by atoms with Crippen LogP contribution in [0.5, 0.6) is 0 Å². The first-order chi connectivity index (χ1) is 11.7. The van der Waals surface area contributed by atoms with Crippen LogP contribution in [0.15, 0.2) is 36.9 Å². The third-order valence-electron chi connectivity index (χ3n) is 5.18. The van der Waals surface area contributed by atoms with Crippen LogP contribution in [0.2, 0.25) is 0 Å². The number of hydrogen-bond donors (Lipinski definition) is 1. The summed E-state index contributed by atoms with van der Waals surface area (Å²) in [5.74, 6) is 0.739. The van der Waals surface area contributed by atoms with Crippen LogP contribution in [-0.2, 0) is 0 Å². The van der Waals surface area contributed by atoms with E-state index in [0.717, 1.165) is 36.6 Å². The number of carbonyl (C=O) groups is 1. The predicted molar refractivity (Wildman–Crippen MR) is 91.6 cm³/mol. The Bertz CT molecular complexity index is 709. The van der Waals surface area contributed by atoms with E-state index in [1.807, 2.05) is 27.9 Å². The molecule has 1 saturated carbocycles. The second-order valence-electron chi connectivity index (χ2n) is 6.85. The van der Waals surface area contributed by atoms with E-state index >= 15 is 0 Å². The second-order valence-corrected chi connectivity index (χ2v) is 6.85. The number of urea groups is 1. The molecule has 0 spiro atoms. The minimum absolute atomic E-state index is 0.0482. The van der Waals surface area contributed by atoms with Gasteiger partial charge in [-0.05, 0) is 56.2 Å². The molecule has 6 nitrogen and oxygen atoms in total. The van der Waals surface area contributed by atoms with Gasteiger partial charge in [0.1, 0.15) is 0 Å². The summed E-state index contributed by atoms with van der Waals surface area (Å²) in [5, 5.41) is 7.42. The van der Waals surface area contributed by atoms with Crippen molar-refractivity contribution in [2.45, 2.75) is 44.7 Å². The molecule has 6 heteroatoms. The average molecular weight is 325 g/mol. The van der Waals surface area contributed by atoms with Gasteiger partial charge in [0.15, 0.2) is 0 Å². The Labute approximate surface area is 141 Å². The largest absolute Gasteiger partial charge is 0.322 e. The van der Waals surface area contributed by atoms with Crippen molar-refractivity contribution >= 4 is 11.7 Å². The first-order valence-corrected chi connectivity index (χ1v) is 8.74. The van der Waals surface area contributed by atoms with Crippen LogP contribution in [0.4, 0.5) is 10.5 Å². The third kappa shape index (κ3) is 3.00. The van der Waals surface area contributed by atoms with Gasteiger partial charge < -0.3 is 10.2 Å². The van der Waals surface area contributed by atoms with E-state index in [4.69, 9.17) is 0 Å². The van der Waals surface area contributed by atoms with Crippen LogP contribution in [0, 0.1) is 5.92 Å². The van der Waals surface area contributed by atoms with Crippen molar-refractivity contribution < 1.29 is 4.79 Å². The summed E-state index contributed by atoms with van der Waals surface area (Å²) in [5.41, 5.74) is 1.92. The van der Waals surface area contributed by atoms with Gasteiger partial charge in [-0.25, -0.2) is 4.79 Å². The molecule has 1 aliphatic carbocycles. The summed E-state index contributed by atoms with van der Waals surface area (Å²) < 4.78 is 1.97. The molecule has 0 radical (unpaired) electrons. The maximum Gasteiger partial charge on any atom is 0.322 e. The SMILES string of the molecule is C[C@H](C1CC1)n1cc(NC(=O)N2CCC[C@H]2c2ccncc2)cn1. The van der Waals surface area contributed by atoms with Gasteiger partial charge in [-0.2, -0.15) is 5.10 Å². The van der Waals surface area contributed by atoms with E-state index in [-0.39, 0.29) is 12.1 Å². The fourth-order valence-electron chi connectivity index (χ4n) is 3.56. The lowest BCUT2D eigenvalue weighted by atomic mass is 10.1. The minimum Gasteiger partial charge on any atom is -0.317 e. The number of anilines is 1. The van der Waals surface area contributed by atoms with Gasteiger partial charge >= 0.3 is 6.03 Å². The van der Waals surface area contributed by atoms with Crippen LogP contribution in [0.3, 0.4) is 0 Å². The Morgan fingerprint density at radius 2 is 2.08 bits per heavy atom. The van der Waals surface area contributed by atoms with Gasteiger partial charge in [0.2, 0.25) is 0 Å². The monoisotopic (exact) mass is 325 g/mol. The number of carbonyl (C=O) groups excluding carboxylic acids is 1. The van der Waals surface area contributed by atoms with E-state index in [0.29, 0.717) is 6.04 Å². The van der Waals surface area contributed by atoms with Gasteiger partial charge in [-0.1, -0.05) is 0 Å². The topological polar surface area (TPSA) is 63.1 Å². The number of aromatic nitrogens is 3. The van der Waals surface area contributed by atoms with E-state index < -0.39 is 0 Å². The lowest BCUT2D eigenvalue weighted by Gasteiger charge is -2.25. The summed E-state index contributed by atoms with van der Waals surface area (Å²) in [6, 6.07) is 4.48. The lowest BCUT2D eigenvalue weighted by molar-refractivity contribution is 0.207. The molecule has 3 heterocycles. The first kappa shape index (κ1) is 15.2. The number of nitrogens with one attached hydrogen (secondary N) is 1. The molecule has 126 valence electrons. The summed E-state index contributed by atoms with van der Waals surface area (Å²) >= 11 is 0. The number of likely N-dealkylation sites (tertiary alicyclic amines) is 1. The van der Waals surface area contributed by atoms with Crippen LogP contribution in [0.25, 0.3) is 0 Å². The van der Waals surface area contributed by atoms with Crippen molar-refractivity contribution in [2.75, 3.05) is 11.9 Å². The Morgan fingerprint density at radius 1 is 1.29 bits per heavy atom. The molecule has 2 fully saturated rings. The molecule has 2 aliphatic rings. The lowest BCUT2D eigenvalue weighted by Crippen LogP contribution is -2.34. The van der Waals surface area contributed by atoms with Crippen LogP contribution >= 0.6 is 0 Å². The fraction of sp³-hybridized carbons (Fsp3) is 0.500. The zero-order valence-electron chi connectivity index (χ0n) is 13.9. The maximum absolute atomic E-state index is 12.7. The van der Waals surface area contributed by atoms with Gasteiger partial charge in [0.05, 0.1) is 24.0 Å². The van der Waals surface area contributed by atoms with E-state index in [2.05, 4.69) is 22.3 Å². The molecule has 24 heavy (non-hydrogen) atoms. The van der Waals surface area contributed by atoms with Crippen molar-refractivity contribution in [3.8, 4) is 0 Å². The Morgan fingerprint density at radius 3 is 2.83 bits per heavy atom. The van der Waals surface area contributed by atoms with Crippen molar-refractivity contribution in [3.63, 3.8) is 0 Å². The average Bonchev–Trinajstić information content (AvgIpc) is 3.15. The highest BCUT2D eigenvalue weighted by atomic mass is 16.2. The molecule has 0 bridgehead atoms. The number of nitrogens with zero attached hydrogens (tertiary/aromatic N) is 4. The van der Waals surface area contributed by atoms with Gasteiger partial charge in [0.25, 0.3) is 0 Å². The highest BCUT2D eigenvalue weighted by molar-refractivity contribution is 5.89. The smallest absolute Gasteiger partial charge is 0.317 e. The molecular formula is C18H23N5O. The number of pyridine rings is 1. The fourth-order valence-corrected chi connectivity index (χ4v) is 3.56. The number of amides is 2. The molecule has 1 saturated heterocycles. The molecule has 2 atom stereocenters. The Hall–Kier alpha value is -2.37. The number of hydrogen-bond acceptors (Lipinski definition) is 3. The van der Waals surface area contributed by atoms with Crippen molar-refractivity contribution in [2.24, 2.45) is 5.92 Å². The molecule has 1 aliphatic heterocycles. The van der Waals surface area contributed by atoms with Gasteiger partial charge in [-0.15, -0.1) is 0 Å². The van der Waals surface area contributed by atoms with Gasteiger partial charge in [0, 0.05) is 25.1 Å². The van der Waals surface area contributed by atoms with Crippen LogP contribution in [-0.4, -0.2) is 32.2 Å². The van der Waals surface area contributed by atoms with E-state index in [1.54, 1.807) is 18.6 Å². The number of rotatable bonds is 4. The first-order valence-electron chi connectivity index (χ1n) is 8.74. The second kappa shape index (κ2) is 6.26. The van der Waals surface area contributed by atoms with Crippen molar-refractivity contribution in [3.05, 3.63) is 42.5 Å². The molecule has 0 aromatic carbocycles.